The van der Waals surface area contributed by atoms with Crippen LogP contribution in [0.3, 0.4) is 0 Å². The molecule has 0 aromatic carbocycles. The molecule has 0 bridgehead atoms. The number of hydrogen-bond acceptors (Lipinski definition) is 4. The maximum Gasteiger partial charge on any atom is 0.154 e. The summed E-state index contributed by atoms with van der Waals surface area (Å²) in [5.74, 6) is 0.380. The summed E-state index contributed by atoms with van der Waals surface area (Å²) in [5.41, 5.74) is 6.13. The van der Waals surface area contributed by atoms with Gasteiger partial charge in [-0.05, 0) is 6.07 Å². The number of furan rings is 1. The lowest BCUT2D eigenvalue weighted by Crippen LogP contribution is -1.99. The molecular weight excluding hydrogens is 178 g/mol. The maximum absolute atomic E-state index is 10.8. The van der Waals surface area contributed by atoms with Gasteiger partial charge in [-0.15, -0.1) is 0 Å². The van der Waals surface area contributed by atoms with Crippen LogP contribution < -0.4 is 5.73 Å². The summed E-state index contributed by atoms with van der Waals surface area (Å²) >= 11 is 0. The summed E-state index contributed by atoms with van der Waals surface area (Å²) in [7, 11) is -3.01. The third kappa shape index (κ3) is 2.67. The molecule has 0 radical (unpaired) electrons. The molecule has 1 aromatic heterocycles. The average Bonchev–Trinajstić information content (AvgIpc) is 2.32. The van der Waals surface area contributed by atoms with E-state index in [1.807, 2.05) is 0 Å². The van der Waals surface area contributed by atoms with Gasteiger partial charge in [0.15, 0.2) is 9.84 Å². The summed E-state index contributed by atoms with van der Waals surface area (Å²) in [6.45, 7) is 0.368. The van der Waals surface area contributed by atoms with E-state index < -0.39 is 9.84 Å². The van der Waals surface area contributed by atoms with Crippen molar-refractivity contribution in [2.75, 3.05) is 6.26 Å². The monoisotopic (exact) mass is 189 g/mol. The average molecular weight is 189 g/mol. The van der Waals surface area contributed by atoms with Crippen molar-refractivity contribution in [2.24, 2.45) is 5.73 Å². The molecule has 0 aliphatic rings. The molecule has 1 heterocycles. The fourth-order valence-corrected chi connectivity index (χ4v) is 1.54. The third-order valence-corrected chi connectivity index (χ3v) is 2.16. The molecule has 0 saturated heterocycles. The van der Waals surface area contributed by atoms with Crippen molar-refractivity contribution < 1.29 is 12.8 Å². The molecule has 0 amide bonds. The van der Waals surface area contributed by atoms with Crippen LogP contribution in [0.2, 0.25) is 0 Å². The fourth-order valence-electron chi connectivity index (χ4n) is 0.867. The van der Waals surface area contributed by atoms with Crippen molar-refractivity contribution in [3.05, 3.63) is 23.7 Å². The van der Waals surface area contributed by atoms with Crippen LogP contribution in [-0.4, -0.2) is 14.7 Å². The first-order chi connectivity index (χ1) is 5.51. The molecule has 0 aliphatic heterocycles. The van der Waals surface area contributed by atoms with E-state index in [9.17, 15) is 8.42 Å². The van der Waals surface area contributed by atoms with Crippen molar-refractivity contribution >= 4 is 9.84 Å². The van der Waals surface area contributed by atoms with E-state index in [4.69, 9.17) is 10.2 Å². The number of rotatable bonds is 3. The summed E-state index contributed by atoms with van der Waals surface area (Å²) in [6.07, 6.45) is 2.64. The molecule has 12 heavy (non-hydrogen) atoms. The van der Waals surface area contributed by atoms with Crippen molar-refractivity contribution in [3.63, 3.8) is 0 Å². The Morgan fingerprint density at radius 1 is 1.58 bits per heavy atom. The van der Waals surface area contributed by atoms with Gasteiger partial charge in [0.05, 0.1) is 6.26 Å². The Kier molecular flexibility index (Phi) is 2.54. The van der Waals surface area contributed by atoms with Crippen LogP contribution in [0.4, 0.5) is 0 Å². The minimum atomic E-state index is -3.01. The van der Waals surface area contributed by atoms with Crippen LogP contribution in [0.15, 0.2) is 16.7 Å². The molecule has 4 nitrogen and oxygen atoms in total. The highest BCUT2D eigenvalue weighted by Crippen LogP contribution is 2.09. The second-order valence-electron chi connectivity index (χ2n) is 2.70. The first-order valence-electron chi connectivity index (χ1n) is 3.45. The van der Waals surface area contributed by atoms with E-state index in [1.165, 1.54) is 6.26 Å². The van der Waals surface area contributed by atoms with Crippen LogP contribution in [0.5, 0.6) is 0 Å². The van der Waals surface area contributed by atoms with Gasteiger partial charge in [-0.1, -0.05) is 0 Å². The lowest BCUT2D eigenvalue weighted by molar-refractivity contribution is 0.520. The summed E-state index contributed by atoms with van der Waals surface area (Å²) in [4.78, 5) is 0. The largest absolute Gasteiger partial charge is 0.468 e. The van der Waals surface area contributed by atoms with Crippen LogP contribution in [0.25, 0.3) is 0 Å². The van der Waals surface area contributed by atoms with Gasteiger partial charge >= 0.3 is 0 Å². The standard InChI is InChI=1S/C7H11NO3S/c1-12(9,10)5-7-2-6(3-8)4-11-7/h2,4H,3,5,8H2,1H3. The SMILES string of the molecule is CS(=O)(=O)Cc1cc(CN)co1. The van der Waals surface area contributed by atoms with Crippen molar-refractivity contribution in [3.8, 4) is 0 Å². The van der Waals surface area contributed by atoms with Crippen molar-refractivity contribution in [2.45, 2.75) is 12.3 Å². The molecule has 0 aliphatic carbocycles. The fraction of sp³-hybridized carbons (Fsp3) is 0.429. The molecule has 1 aromatic rings. The summed E-state index contributed by atoms with van der Waals surface area (Å²) in [5, 5.41) is 0. The Morgan fingerprint density at radius 2 is 2.25 bits per heavy atom. The quantitative estimate of drug-likeness (QED) is 0.741. The molecule has 2 N–H and O–H groups in total. The molecule has 0 fully saturated rings. The second kappa shape index (κ2) is 3.28. The second-order valence-corrected chi connectivity index (χ2v) is 4.84. The van der Waals surface area contributed by atoms with Gasteiger partial charge in [0, 0.05) is 18.4 Å². The number of sulfone groups is 1. The third-order valence-electron chi connectivity index (χ3n) is 1.35. The van der Waals surface area contributed by atoms with Gasteiger partial charge in [0.1, 0.15) is 11.5 Å². The smallest absolute Gasteiger partial charge is 0.154 e. The van der Waals surface area contributed by atoms with Gasteiger partial charge in [0.2, 0.25) is 0 Å². The van der Waals surface area contributed by atoms with E-state index in [1.54, 1.807) is 6.07 Å². The Balaban J connectivity index is 2.78. The Labute approximate surface area is 71.3 Å². The van der Waals surface area contributed by atoms with Gasteiger partial charge in [0.25, 0.3) is 0 Å². The van der Waals surface area contributed by atoms with Gasteiger partial charge in [-0.2, -0.15) is 0 Å². The van der Waals surface area contributed by atoms with Gasteiger partial charge < -0.3 is 10.2 Å². The molecule has 0 spiro atoms. The summed E-state index contributed by atoms with van der Waals surface area (Å²) in [6, 6.07) is 1.65. The zero-order valence-corrected chi connectivity index (χ0v) is 7.60. The minimum Gasteiger partial charge on any atom is -0.468 e. The van der Waals surface area contributed by atoms with E-state index >= 15 is 0 Å². The minimum absolute atomic E-state index is 0.0625. The Morgan fingerprint density at radius 3 is 2.67 bits per heavy atom. The zero-order valence-electron chi connectivity index (χ0n) is 6.78. The summed E-state index contributed by atoms with van der Waals surface area (Å²) < 4.78 is 26.6. The molecule has 68 valence electrons. The van der Waals surface area contributed by atoms with Crippen LogP contribution in [-0.2, 0) is 22.1 Å². The van der Waals surface area contributed by atoms with E-state index in [0.29, 0.717) is 12.3 Å². The highest BCUT2D eigenvalue weighted by molar-refractivity contribution is 7.89. The molecule has 1 rings (SSSR count). The highest BCUT2D eigenvalue weighted by atomic mass is 32.2. The van der Waals surface area contributed by atoms with Gasteiger partial charge in [-0.3, -0.25) is 0 Å². The number of nitrogens with two attached hydrogens (primary N) is 1. The number of hydrogen-bond donors (Lipinski definition) is 1. The molecule has 0 atom stereocenters. The lowest BCUT2D eigenvalue weighted by Gasteiger charge is -1.91. The molecular formula is C7H11NO3S. The topological polar surface area (TPSA) is 73.3 Å². The first kappa shape index (κ1) is 9.28. The van der Waals surface area contributed by atoms with Crippen LogP contribution in [0, 0.1) is 0 Å². The van der Waals surface area contributed by atoms with Crippen LogP contribution in [0.1, 0.15) is 11.3 Å². The van der Waals surface area contributed by atoms with Gasteiger partial charge in [-0.25, -0.2) is 8.42 Å². The first-order valence-corrected chi connectivity index (χ1v) is 5.51. The predicted octanol–water partition coefficient (Wildman–Crippen LogP) is 0.283. The molecule has 0 saturated carbocycles. The Bertz CT molecular complexity index is 352. The van der Waals surface area contributed by atoms with E-state index in [-0.39, 0.29) is 5.75 Å². The van der Waals surface area contributed by atoms with Crippen LogP contribution >= 0.6 is 0 Å². The van der Waals surface area contributed by atoms with Crippen molar-refractivity contribution in [1.29, 1.82) is 0 Å². The predicted molar refractivity (Wildman–Crippen MR) is 45.1 cm³/mol. The van der Waals surface area contributed by atoms with E-state index in [0.717, 1.165) is 11.8 Å². The Hall–Kier alpha value is -0.810. The van der Waals surface area contributed by atoms with E-state index in [2.05, 4.69) is 0 Å². The molecule has 0 unspecified atom stereocenters. The molecule has 5 heteroatoms. The normalized spacial score (nSPS) is 11.8. The lowest BCUT2D eigenvalue weighted by atomic mass is 10.3. The maximum atomic E-state index is 10.8. The zero-order chi connectivity index (χ0) is 9.19. The highest BCUT2D eigenvalue weighted by Gasteiger charge is 2.07. The van der Waals surface area contributed by atoms with Crippen molar-refractivity contribution in [1.82, 2.24) is 0 Å².